The summed E-state index contributed by atoms with van der Waals surface area (Å²) in [5, 5.41) is 4.28. The molecule has 2 fully saturated rings. The summed E-state index contributed by atoms with van der Waals surface area (Å²) in [4.78, 5) is 17.6. The van der Waals surface area contributed by atoms with E-state index < -0.39 is 5.41 Å². The van der Waals surface area contributed by atoms with Gasteiger partial charge in [-0.1, -0.05) is 11.1 Å². The lowest BCUT2D eigenvalue weighted by molar-refractivity contribution is -0.145. The monoisotopic (exact) mass is 277 g/mol. The third-order valence-corrected chi connectivity index (χ3v) is 3.98. The van der Waals surface area contributed by atoms with E-state index in [0.29, 0.717) is 6.61 Å². The molecule has 4 heteroatoms. The van der Waals surface area contributed by atoms with Crippen LogP contribution in [-0.4, -0.2) is 23.9 Å². The Labute approximate surface area is 120 Å². The number of terminal acetylenes is 1. The fraction of sp³-hybridized carbons (Fsp3) is 0.750. The van der Waals surface area contributed by atoms with Crippen LogP contribution in [0.25, 0.3) is 0 Å². The molecule has 0 unspecified atom stereocenters. The highest BCUT2D eigenvalue weighted by molar-refractivity contribution is 6.02. The maximum Gasteiger partial charge on any atom is 0.311 e. The molecule has 0 radical (unpaired) electrons. The van der Waals surface area contributed by atoms with Crippen LogP contribution in [-0.2, 0) is 14.4 Å². The first-order chi connectivity index (χ1) is 9.36. The molecule has 0 aromatic carbocycles. The summed E-state index contributed by atoms with van der Waals surface area (Å²) in [5.74, 6) is 2.56. The first kappa shape index (κ1) is 14.9. The quantitative estimate of drug-likeness (QED) is 0.453. The van der Waals surface area contributed by atoms with Gasteiger partial charge in [0.25, 0.3) is 0 Å². The van der Waals surface area contributed by atoms with E-state index in [-0.39, 0.29) is 23.4 Å². The Hall–Kier alpha value is -1.50. The zero-order valence-corrected chi connectivity index (χ0v) is 12.7. The highest BCUT2D eigenvalue weighted by Crippen LogP contribution is 2.65. The Balaban J connectivity index is 2.23. The van der Waals surface area contributed by atoms with Crippen LogP contribution >= 0.6 is 0 Å². The first-order valence-corrected chi connectivity index (χ1v) is 7.26. The van der Waals surface area contributed by atoms with Gasteiger partial charge in [-0.3, -0.25) is 4.79 Å². The molecule has 110 valence electrons. The summed E-state index contributed by atoms with van der Waals surface area (Å²) in [6, 6.07) is 0. The zero-order valence-electron chi connectivity index (χ0n) is 12.7. The van der Waals surface area contributed by atoms with Crippen molar-refractivity contribution in [3.8, 4) is 12.3 Å². The molecule has 0 spiro atoms. The lowest BCUT2D eigenvalue weighted by atomic mass is 9.86. The lowest BCUT2D eigenvalue weighted by Crippen LogP contribution is -2.26. The number of carbonyl (C=O) groups is 1. The summed E-state index contributed by atoms with van der Waals surface area (Å²) in [6.07, 6.45) is 8.49. The minimum Gasteiger partial charge on any atom is -0.466 e. The van der Waals surface area contributed by atoms with Crippen LogP contribution in [0.3, 0.4) is 0 Å². The van der Waals surface area contributed by atoms with Gasteiger partial charge in [0.2, 0.25) is 0 Å². The minimum absolute atomic E-state index is 0.169. The molecule has 0 N–H and O–H groups in total. The molecule has 2 aliphatic rings. The molecule has 0 saturated heterocycles. The highest BCUT2D eigenvalue weighted by Gasteiger charge is 2.72. The molecule has 2 saturated carbocycles. The van der Waals surface area contributed by atoms with Crippen molar-refractivity contribution < 1.29 is 14.4 Å². The minimum atomic E-state index is -0.560. The highest BCUT2D eigenvalue weighted by atomic mass is 16.6. The fourth-order valence-electron chi connectivity index (χ4n) is 3.12. The van der Waals surface area contributed by atoms with Gasteiger partial charge >= 0.3 is 5.97 Å². The molecule has 0 amide bonds. The van der Waals surface area contributed by atoms with Crippen LogP contribution in [0, 0.1) is 29.6 Å². The van der Waals surface area contributed by atoms with Crippen molar-refractivity contribution in [1.82, 2.24) is 0 Å². The summed E-state index contributed by atoms with van der Waals surface area (Å²) in [6.45, 7) is 8.01. The van der Waals surface area contributed by atoms with Crippen molar-refractivity contribution in [3.05, 3.63) is 0 Å². The predicted molar refractivity (Wildman–Crippen MR) is 77.0 cm³/mol. The van der Waals surface area contributed by atoms with E-state index in [1.807, 2.05) is 27.7 Å². The van der Waals surface area contributed by atoms with Gasteiger partial charge in [0.05, 0.1) is 23.7 Å². The van der Waals surface area contributed by atoms with E-state index in [9.17, 15) is 4.79 Å². The van der Waals surface area contributed by atoms with Crippen molar-refractivity contribution in [2.45, 2.75) is 52.6 Å². The second-order valence-electron chi connectivity index (χ2n) is 6.48. The number of carbonyl (C=O) groups excluding carboxylic acids is 1. The van der Waals surface area contributed by atoms with Gasteiger partial charge in [0.15, 0.2) is 0 Å². The van der Waals surface area contributed by atoms with Crippen molar-refractivity contribution in [2.75, 3.05) is 6.61 Å². The molecule has 0 aromatic rings. The van der Waals surface area contributed by atoms with Crippen molar-refractivity contribution in [3.63, 3.8) is 0 Å². The number of fused-ring (bicyclic) bond motifs is 1. The Kier molecular flexibility index (Phi) is 3.82. The van der Waals surface area contributed by atoms with Gasteiger partial charge in [-0.25, -0.2) is 0 Å². The van der Waals surface area contributed by atoms with Gasteiger partial charge in [-0.15, -0.1) is 6.42 Å². The number of rotatable bonds is 3. The molecule has 3 atom stereocenters. The van der Waals surface area contributed by atoms with E-state index in [2.05, 4.69) is 11.1 Å². The molecule has 0 bridgehead atoms. The van der Waals surface area contributed by atoms with E-state index in [0.717, 1.165) is 25.0 Å². The number of ether oxygens (including phenoxy) is 1. The molecule has 2 aliphatic carbocycles. The van der Waals surface area contributed by atoms with Gasteiger partial charge in [-0.2, -0.15) is 0 Å². The van der Waals surface area contributed by atoms with Crippen molar-refractivity contribution in [1.29, 1.82) is 0 Å². The predicted octanol–water partition coefficient (Wildman–Crippen LogP) is 2.77. The van der Waals surface area contributed by atoms with Crippen molar-refractivity contribution in [2.24, 2.45) is 22.4 Å². The molecule has 2 rings (SSSR count). The molecular weight excluding hydrogens is 254 g/mol. The SMILES string of the molecule is C#C[C@@]12/C(=N/OC(C)(C)C)CCC[C@@H]1[C@H]2C(=O)OCC. The Morgan fingerprint density at radius 3 is 2.80 bits per heavy atom. The Morgan fingerprint density at radius 2 is 2.25 bits per heavy atom. The number of hydrogen-bond acceptors (Lipinski definition) is 4. The average molecular weight is 277 g/mol. The Morgan fingerprint density at radius 1 is 1.55 bits per heavy atom. The molecular formula is C16H23NO3. The Bertz CT molecular complexity index is 469. The standard InChI is InChI=1S/C16H23NO3/c1-6-16-11(13(16)14(18)19-7-2)9-8-10-12(16)17-20-15(3,4)5/h1,11,13H,7-10H2,2-5H3/b17-12+/t11-,13+,16+/m1/s1. The second-order valence-corrected chi connectivity index (χ2v) is 6.48. The van der Waals surface area contributed by atoms with Crippen LogP contribution in [0.5, 0.6) is 0 Å². The topological polar surface area (TPSA) is 47.9 Å². The maximum atomic E-state index is 12.1. The molecule has 4 nitrogen and oxygen atoms in total. The van der Waals surface area contributed by atoms with Crippen LogP contribution in [0.1, 0.15) is 47.0 Å². The number of hydrogen-bond donors (Lipinski definition) is 0. The number of nitrogens with zero attached hydrogens (tertiary/aromatic N) is 1. The van der Waals surface area contributed by atoms with Gasteiger partial charge in [0.1, 0.15) is 5.60 Å². The molecule has 0 aromatic heterocycles. The van der Waals surface area contributed by atoms with E-state index in [4.69, 9.17) is 16.0 Å². The van der Waals surface area contributed by atoms with E-state index in [1.165, 1.54) is 0 Å². The smallest absolute Gasteiger partial charge is 0.311 e. The fourth-order valence-corrected chi connectivity index (χ4v) is 3.12. The van der Waals surface area contributed by atoms with Crippen LogP contribution in [0.4, 0.5) is 0 Å². The normalized spacial score (nSPS) is 34.0. The van der Waals surface area contributed by atoms with Crippen LogP contribution in [0.15, 0.2) is 5.16 Å². The van der Waals surface area contributed by atoms with Gasteiger partial charge in [-0.05, 0) is 52.9 Å². The average Bonchev–Trinajstić information content (AvgIpc) is 3.05. The largest absolute Gasteiger partial charge is 0.466 e. The van der Waals surface area contributed by atoms with Gasteiger partial charge in [0, 0.05) is 0 Å². The summed E-state index contributed by atoms with van der Waals surface area (Å²) in [7, 11) is 0. The van der Waals surface area contributed by atoms with E-state index in [1.54, 1.807) is 0 Å². The second kappa shape index (κ2) is 5.12. The number of esters is 1. The zero-order chi connectivity index (χ0) is 15.0. The molecule has 0 heterocycles. The van der Waals surface area contributed by atoms with Crippen LogP contribution in [0.2, 0.25) is 0 Å². The molecule has 20 heavy (non-hydrogen) atoms. The lowest BCUT2D eigenvalue weighted by Gasteiger charge is -2.22. The number of oxime groups is 1. The van der Waals surface area contributed by atoms with Crippen molar-refractivity contribution >= 4 is 11.7 Å². The van der Waals surface area contributed by atoms with Gasteiger partial charge < -0.3 is 9.57 Å². The summed E-state index contributed by atoms with van der Waals surface area (Å²) in [5.41, 5.74) is -0.0796. The summed E-state index contributed by atoms with van der Waals surface area (Å²) < 4.78 is 5.15. The third kappa shape index (κ3) is 2.42. The third-order valence-electron chi connectivity index (χ3n) is 3.98. The van der Waals surface area contributed by atoms with Crippen LogP contribution < -0.4 is 0 Å². The first-order valence-electron chi connectivity index (χ1n) is 7.26. The summed E-state index contributed by atoms with van der Waals surface area (Å²) >= 11 is 0. The van der Waals surface area contributed by atoms with E-state index >= 15 is 0 Å². The maximum absolute atomic E-state index is 12.1. The molecule has 0 aliphatic heterocycles.